The van der Waals surface area contributed by atoms with Crippen LogP contribution < -0.4 is 15.4 Å². The van der Waals surface area contributed by atoms with Crippen molar-refractivity contribution in [3.8, 4) is 5.75 Å². The molecule has 1 aliphatic rings. The van der Waals surface area contributed by atoms with Crippen molar-refractivity contribution in [2.45, 2.75) is 38.8 Å². The molecule has 1 aliphatic heterocycles. The minimum absolute atomic E-state index is 0.121. The van der Waals surface area contributed by atoms with E-state index >= 15 is 0 Å². The van der Waals surface area contributed by atoms with Gasteiger partial charge in [0, 0.05) is 41.3 Å². The highest BCUT2D eigenvalue weighted by molar-refractivity contribution is 6.30. The third-order valence-corrected chi connectivity index (χ3v) is 6.09. The van der Waals surface area contributed by atoms with Gasteiger partial charge in [-0.05, 0) is 75.2 Å². The van der Waals surface area contributed by atoms with Crippen LogP contribution in [-0.2, 0) is 16.1 Å². The summed E-state index contributed by atoms with van der Waals surface area (Å²) in [5.41, 5.74) is 1.86. The van der Waals surface area contributed by atoms with E-state index in [1.54, 1.807) is 24.3 Å². The van der Waals surface area contributed by atoms with Gasteiger partial charge in [-0.25, -0.2) is 0 Å². The van der Waals surface area contributed by atoms with Gasteiger partial charge in [-0.2, -0.15) is 0 Å². The monoisotopic (exact) mass is 469 g/mol. The number of rotatable bonds is 8. The van der Waals surface area contributed by atoms with Gasteiger partial charge in [-0.3, -0.25) is 9.59 Å². The van der Waals surface area contributed by atoms with Crippen LogP contribution in [0.1, 0.15) is 37.2 Å². The summed E-state index contributed by atoms with van der Waals surface area (Å²) in [6.45, 7) is 5.78. The smallest absolute Gasteiger partial charge is 0.268 e. The second kappa shape index (κ2) is 9.85. The normalized spacial score (nSPS) is 17.8. The summed E-state index contributed by atoms with van der Waals surface area (Å²) >= 11 is 5.86. The quantitative estimate of drug-likeness (QED) is 0.504. The molecule has 0 spiro atoms. The van der Waals surface area contributed by atoms with Gasteiger partial charge in [0.1, 0.15) is 11.4 Å². The summed E-state index contributed by atoms with van der Waals surface area (Å²) in [7, 11) is 0. The van der Waals surface area contributed by atoms with Gasteiger partial charge in [0.25, 0.3) is 11.8 Å². The van der Waals surface area contributed by atoms with Crippen molar-refractivity contribution in [1.82, 2.24) is 9.88 Å². The average Bonchev–Trinajstić information content (AvgIpc) is 3.40. The maximum Gasteiger partial charge on any atom is 0.268 e. The molecule has 2 N–H and O–H groups in total. The number of fused-ring (bicyclic) bond motifs is 1. The second-order valence-electron chi connectivity index (χ2n) is 8.42. The minimum atomic E-state index is -0.301. The number of halogens is 1. The molecule has 1 saturated heterocycles. The lowest BCUT2D eigenvalue weighted by molar-refractivity contribution is -0.118. The Morgan fingerprint density at radius 2 is 1.97 bits per heavy atom. The molecule has 0 radical (unpaired) electrons. The summed E-state index contributed by atoms with van der Waals surface area (Å²) in [6.07, 6.45) is 1.95. The number of benzene rings is 2. The van der Waals surface area contributed by atoms with E-state index in [0.717, 1.165) is 30.4 Å². The van der Waals surface area contributed by atoms with Crippen LogP contribution in [0.4, 0.5) is 5.69 Å². The number of carbonyl (C=O) groups excluding carboxylic acids is 2. The summed E-state index contributed by atoms with van der Waals surface area (Å²) in [5, 5.41) is 7.34. The van der Waals surface area contributed by atoms with Crippen molar-refractivity contribution in [3.63, 3.8) is 0 Å². The highest BCUT2D eigenvalue weighted by Crippen LogP contribution is 2.26. The molecule has 0 bridgehead atoms. The Hall–Kier alpha value is -3.03. The fraction of sp³-hybridized carbons (Fsp3) is 0.360. The Kier molecular flexibility index (Phi) is 6.91. The zero-order valence-corrected chi connectivity index (χ0v) is 19.6. The molecule has 1 atom stereocenters. The number of aryl methyl sites for hydroxylation is 1. The number of aromatic nitrogens is 1. The van der Waals surface area contributed by atoms with E-state index in [2.05, 4.69) is 10.6 Å². The van der Waals surface area contributed by atoms with Gasteiger partial charge in [0.15, 0.2) is 6.61 Å². The van der Waals surface area contributed by atoms with E-state index < -0.39 is 0 Å². The van der Waals surface area contributed by atoms with E-state index in [9.17, 15) is 9.59 Å². The lowest BCUT2D eigenvalue weighted by Crippen LogP contribution is -2.40. The Balaban J connectivity index is 1.43. The molecule has 2 aromatic carbocycles. The van der Waals surface area contributed by atoms with Crippen molar-refractivity contribution in [3.05, 3.63) is 59.2 Å². The Bertz CT molecular complexity index is 1150. The molecule has 0 unspecified atom stereocenters. The van der Waals surface area contributed by atoms with Gasteiger partial charge in [-0.1, -0.05) is 11.6 Å². The van der Waals surface area contributed by atoms with Crippen molar-refractivity contribution in [2.75, 3.05) is 25.1 Å². The fourth-order valence-electron chi connectivity index (χ4n) is 4.09. The molecule has 1 fully saturated rings. The number of amides is 2. The molecule has 7 nitrogen and oxygen atoms in total. The van der Waals surface area contributed by atoms with Crippen LogP contribution in [0.3, 0.4) is 0 Å². The highest BCUT2D eigenvalue weighted by atomic mass is 35.5. The standard InChI is InChI=1S/C25H28ClN3O4/c1-3-29-21-10-7-19(28-23(30)15-32-20-8-5-18(26)6-9-20)13-17(21)14-22(29)24(31)27-16-25(2)11-4-12-33-25/h5-10,13-14H,3-4,11-12,15-16H2,1-2H3,(H,27,31)(H,28,30)/t25-/m0/s1. The molecular weight excluding hydrogens is 442 g/mol. The van der Waals surface area contributed by atoms with Crippen LogP contribution in [0, 0.1) is 0 Å². The molecule has 3 aromatic rings. The number of carbonyl (C=O) groups is 2. The fourth-order valence-corrected chi connectivity index (χ4v) is 4.21. The van der Waals surface area contributed by atoms with Crippen LogP contribution in [0.15, 0.2) is 48.5 Å². The summed E-state index contributed by atoms with van der Waals surface area (Å²) < 4.78 is 13.2. The molecule has 33 heavy (non-hydrogen) atoms. The molecule has 4 rings (SSSR count). The molecule has 2 amide bonds. The maximum absolute atomic E-state index is 12.9. The summed E-state index contributed by atoms with van der Waals surface area (Å²) in [6, 6.07) is 14.3. The molecule has 1 aromatic heterocycles. The first-order chi connectivity index (χ1) is 15.9. The SMILES string of the molecule is CCn1c(C(=O)NC[C@]2(C)CCCO2)cc2cc(NC(=O)COc3ccc(Cl)cc3)ccc21. The average molecular weight is 470 g/mol. The first kappa shape index (κ1) is 23.1. The lowest BCUT2D eigenvalue weighted by Gasteiger charge is -2.23. The Labute approximate surface area is 198 Å². The number of nitrogens with one attached hydrogen (secondary N) is 2. The van der Waals surface area contributed by atoms with Gasteiger partial charge in [-0.15, -0.1) is 0 Å². The molecule has 0 saturated carbocycles. The lowest BCUT2D eigenvalue weighted by atomic mass is 10.0. The first-order valence-electron chi connectivity index (χ1n) is 11.1. The van der Waals surface area contributed by atoms with Gasteiger partial charge in [0.05, 0.1) is 5.60 Å². The van der Waals surface area contributed by atoms with E-state index in [1.165, 1.54) is 0 Å². The van der Waals surface area contributed by atoms with Crippen molar-refractivity contribution in [2.24, 2.45) is 0 Å². The van der Waals surface area contributed by atoms with Crippen LogP contribution in [-0.4, -0.2) is 41.7 Å². The predicted octanol–water partition coefficient (Wildman–Crippen LogP) is 4.63. The van der Waals surface area contributed by atoms with Crippen molar-refractivity contribution in [1.29, 1.82) is 0 Å². The van der Waals surface area contributed by atoms with E-state index in [-0.39, 0.29) is 24.0 Å². The van der Waals surface area contributed by atoms with E-state index in [1.807, 2.05) is 42.7 Å². The number of hydrogen-bond acceptors (Lipinski definition) is 4. The summed E-state index contributed by atoms with van der Waals surface area (Å²) in [4.78, 5) is 25.2. The topological polar surface area (TPSA) is 81.6 Å². The number of anilines is 1. The van der Waals surface area contributed by atoms with Gasteiger partial charge in [0.2, 0.25) is 0 Å². The van der Waals surface area contributed by atoms with E-state index in [4.69, 9.17) is 21.1 Å². The zero-order valence-electron chi connectivity index (χ0n) is 18.8. The molecule has 0 aliphatic carbocycles. The maximum atomic E-state index is 12.9. The van der Waals surface area contributed by atoms with Crippen molar-refractivity contribution < 1.29 is 19.1 Å². The highest BCUT2D eigenvalue weighted by Gasteiger charge is 2.30. The van der Waals surface area contributed by atoms with Gasteiger partial charge >= 0.3 is 0 Å². The van der Waals surface area contributed by atoms with Gasteiger partial charge < -0.3 is 24.7 Å². The largest absolute Gasteiger partial charge is 0.484 e. The van der Waals surface area contributed by atoms with Crippen LogP contribution >= 0.6 is 11.6 Å². The zero-order chi connectivity index (χ0) is 23.4. The first-order valence-corrected chi connectivity index (χ1v) is 11.5. The molecular formula is C25H28ClN3O4. The Morgan fingerprint density at radius 1 is 1.18 bits per heavy atom. The third-order valence-electron chi connectivity index (χ3n) is 5.84. The third kappa shape index (κ3) is 5.49. The number of hydrogen-bond donors (Lipinski definition) is 2. The van der Waals surface area contributed by atoms with Crippen molar-refractivity contribution >= 4 is 40.0 Å². The predicted molar refractivity (Wildman–Crippen MR) is 129 cm³/mol. The molecule has 8 heteroatoms. The van der Waals surface area contributed by atoms with Crippen LogP contribution in [0.25, 0.3) is 10.9 Å². The van der Waals surface area contributed by atoms with Crippen LogP contribution in [0.2, 0.25) is 5.02 Å². The Morgan fingerprint density at radius 3 is 2.67 bits per heavy atom. The minimum Gasteiger partial charge on any atom is -0.484 e. The molecule has 174 valence electrons. The second-order valence-corrected chi connectivity index (χ2v) is 8.86. The molecule has 2 heterocycles. The summed E-state index contributed by atoms with van der Waals surface area (Å²) in [5.74, 6) is 0.159. The van der Waals surface area contributed by atoms with Crippen LogP contribution in [0.5, 0.6) is 5.75 Å². The number of ether oxygens (including phenoxy) is 2. The van der Waals surface area contributed by atoms with E-state index in [0.29, 0.717) is 35.2 Å². The number of nitrogens with zero attached hydrogens (tertiary/aromatic N) is 1.